The van der Waals surface area contributed by atoms with E-state index in [0.717, 1.165) is 51.4 Å². The quantitative estimate of drug-likeness (QED) is 0.0271. The van der Waals surface area contributed by atoms with E-state index in [2.05, 4.69) is 92.8 Å². The predicted molar refractivity (Wildman–Crippen MR) is 229 cm³/mol. The van der Waals surface area contributed by atoms with Crippen LogP contribution in [0.1, 0.15) is 155 Å². The summed E-state index contributed by atoms with van der Waals surface area (Å²) in [6.45, 7) is 3.48. The molecular formula is C45H76NO8P. The average Bonchev–Trinajstić information content (AvgIpc) is 3.17. The van der Waals surface area contributed by atoms with Crippen molar-refractivity contribution in [3.8, 4) is 0 Å². The molecule has 0 aromatic rings. The van der Waals surface area contributed by atoms with E-state index in [1.54, 1.807) is 0 Å². The van der Waals surface area contributed by atoms with Crippen molar-refractivity contribution in [1.82, 2.24) is 0 Å². The normalized spacial score (nSPS) is 14.2. The lowest BCUT2D eigenvalue weighted by atomic mass is 10.1. The summed E-state index contributed by atoms with van der Waals surface area (Å²) in [4.78, 5) is 34.8. The molecule has 0 heterocycles. The number of carbonyl (C=O) groups is 2. The van der Waals surface area contributed by atoms with Crippen molar-refractivity contribution in [2.75, 3.05) is 26.4 Å². The second-order valence-corrected chi connectivity index (χ2v) is 14.9. The van der Waals surface area contributed by atoms with Crippen molar-refractivity contribution < 1.29 is 37.6 Å². The summed E-state index contributed by atoms with van der Waals surface area (Å²) in [6, 6.07) is 0. The fraction of sp³-hybridized carbons (Fsp3) is 0.644. The number of unbranched alkanes of at least 4 members (excludes halogenated alkanes) is 11. The Kier molecular flexibility index (Phi) is 38.8. The molecule has 0 aliphatic rings. The molecule has 0 rings (SSSR count). The first-order valence-corrected chi connectivity index (χ1v) is 22.6. The fourth-order valence-electron chi connectivity index (χ4n) is 5.18. The molecule has 0 amide bonds. The number of esters is 2. The number of hydrogen-bond donors (Lipinski definition) is 2. The van der Waals surface area contributed by atoms with Crippen LogP contribution in [0.3, 0.4) is 0 Å². The summed E-state index contributed by atoms with van der Waals surface area (Å²) in [7, 11) is -4.40. The highest BCUT2D eigenvalue weighted by molar-refractivity contribution is 7.47. The second-order valence-electron chi connectivity index (χ2n) is 13.5. The monoisotopic (exact) mass is 790 g/mol. The average molecular weight is 790 g/mol. The minimum absolute atomic E-state index is 0.0348. The zero-order chi connectivity index (χ0) is 40.3. The number of nitrogens with two attached hydrogens (primary N) is 1. The summed E-state index contributed by atoms with van der Waals surface area (Å²) in [6.07, 6.45) is 50.6. The van der Waals surface area contributed by atoms with Gasteiger partial charge in [0, 0.05) is 19.4 Å². The predicted octanol–water partition coefficient (Wildman–Crippen LogP) is 12.0. The molecule has 0 aromatic heterocycles. The van der Waals surface area contributed by atoms with Crippen LogP contribution in [0.15, 0.2) is 85.1 Å². The third kappa shape index (κ3) is 40.7. The Hall–Kier alpha value is -2.81. The fourth-order valence-corrected chi connectivity index (χ4v) is 5.94. The van der Waals surface area contributed by atoms with Gasteiger partial charge in [0.05, 0.1) is 13.2 Å². The Morgan fingerprint density at radius 2 is 1.00 bits per heavy atom. The third-order valence-corrected chi connectivity index (χ3v) is 9.25. The van der Waals surface area contributed by atoms with E-state index in [4.69, 9.17) is 24.3 Å². The number of phosphoric acid groups is 1. The van der Waals surface area contributed by atoms with E-state index < -0.39 is 32.5 Å². The third-order valence-electron chi connectivity index (χ3n) is 8.27. The van der Waals surface area contributed by atoms with E-state index in [9.17, 15) is 19.0 Å². The summed E-state index contributed by atoms with van der Waals surface area (Å²) in [5.41, 5.74) is 5.34. The standard InChI is InChI=1S/C45H76NO8P/c1-3-5-7-9-11-13-15-17-19-21-23-25-27-29-31-33-35-37-44(47)51-41-43(42-53-55(49,50)52-40-39-46)54-45(48)38-36-34-32-30-28-26-24-22-20-18-16-14-12-10-8-6-4-2/h6,8,12,14,18,20,23-26,29-32,43H,3-5,7,9-11,13,15-17,19,21-22,27-28,33-42,46H2,1-2H3,(H,49,50)/b8-6+,14-12+,20-18+,25-23+,26-24+,31-29+,32-30+/t43-/m1/s1. The van der Waals surface area contributed by atoms with E-state index in [1.165, 1.54) is 57.8 Å². The maximum absolute atomic E-state index is 12.5. The van der Waals surface area contributed by atoms with Gasteiger partial charge >= 0.3 is 19.8 Å². The number of carbonyl (C=O) groups excluding carboxylic acids is 2. The molecule has 0 bridgehead atoms. The van der Waals surface area contributed by atoms with Crippen LogP contribution in [-0.2, 0) is 32.7 Å². The van der Waals surface area contributed by atoms with E-state index in [1.807, 2.05) is 6.08 Å². The van der Waals surface area contributed by atoms with Gasteiger partial charge < -0.3 is 20.1 Å². The second kappa shape index (κ2) is 40.8. The van der Waals surface area contributed by atoms with Crippen LogP contribution in [0, 0.1) is 0 Å². The number of ether oxygens (including phenoxy) is 2. The molecule has 55 heavy (non-hydrogen) atoms. The molecule has 0 radical (unpaired) electrons. The summed E-state index contributed by atoms with van der Waals surface area (Å²) in [5.74, 6) is -0.958. The molecule has 0 aliphatic heterocycles. The number of allylic oxidation sites excluding steroid dienone is 14. The Morgan fingerprint density at radius 3 is 1.49 bits per heavy atom. The van der Waals surface area contributed by atoms with Crippen molar-refractivity contribution in [3.05, 3.63) is 85.1 Å². The molecule has 2 atom stereocenters. The molecule has 0 aliphatic carbocycles. The van der Waals surface area contributed by atoms with Gasteiger partial charge in [0.15, 0.2) is 6.10 Å². The van der Waals surface area contributed by atoms with Gasteiger partial charge in [0.1, 0.15) is 6.61 Å². The Bertz CT molecular complexity index is 1170. The first kappa shape index (κ1) is 52.2. The van der Waals surface area contributed by atoms with Gasteiger partial charge in [-0.2, -0.15) is 0 Å². The molecule has 0 saturated heterocycles. The molecule has 314 valence electrons. The lowest BCUT2D eigenvalue weighted by Crippen LogP contribution is -2.29. The van der Waals surface area contributed by atoms with Crippen LogP contribution >= 0.6 is 7.82 Å². The molecule has 10 heteroatoms. The maximum atomic E-state index is 12.5. The molecule has 0 spiro atoms. The summed E-state index contributed by atoms with van der Waals surface area (Å²) >= 11 is 0. The van der Waals surface area contributed by atoms with Crippen molar-refractivity contribution in [2.45, 2.75) is 161 Å². The first-order valence-electron chi connectivity index (χ1n) is 21.1. The van der Waals surface area contributed by atoms with Crippen LogP contribution < -0.4 is 5.73 Å². The van der Waals surface area contributed by atoms with Crippen LogP contribution in [0.4, 0.5) is 0 Å². The summed E-state index contributed by atoms with van der Waals surface area (Å²) in [5, 5.41) is 0. The van der Waals surface area contributed by atoms with Crippen molar-refractivity contribution >= 4 is 19.8 Å². The van der Waals surface area contributed by atoms with Gasteiger partial charge in [-0.1, -0.05) is 150 Å². The van der Waals surface area contributed by atoms with Crippen LogP contribution in [0.2, 0.25) is 0 Å². The van der Waals surface area contributed by atoms with Gasteiger partial charge in [-0.15, -0.1) is 0 Å². The maximum Gasteiger partial charge on any atom is 0.472 e. The van der Waals surface area contributed by atoms with Gasteiger partial charge in [0.2, 0.25) is 0 Å². The Balaban J connectivity index is 4.35. The van der Waals surface area contributed by atoms with Crippen LogP contribution in [0.25, 0.3) is 0 Å². The van der Waals surface area contributed by atoms with Gasteiger partial charge in [-0.25, -0.2) is 4.57 Å². The molecule has 0 saturated carbocycles. The van der Waals surface area contributed by atoms with Gasteiger partial charge in [0.25, 0.3) is 0 Å². The zero-order valence-corrected chi connectivity index (χ0v) is 35.3. The Morgan fingerprint density at radius 1 is 0.564 bits per heavy atom. The smallest absolute Gasteiger partial charge is 0.462 e. The molecular weight excluding hydrogens is 713 g/mol. The van der Waals surface area contributed by atoms with E-state index >= 15 is 0 Å². The van der Waals surface area contributed by atoms with Crippen molar-refractivity contribution in [2.24, 2.45) is 5.73 Å². The zero-order valence-electron chi connectivity index (χ0n) is 34.4. The highest BCUT2D eigenvalue weighted by atomic mass is 31.2. The molecule has 0 aromatic carbocycles. The molecule has 3 N–H and O–H groups in total. The van der Waals surface area contributed by atoms with E-state index in [0.29, 0.717) is 19.3 Å². The number of rotatable bonds is 38. The Labute approximate surface area is 334 Å². The van der Waals surface area contributed by atoms with Gasteiger partial charge in [-0.05, 0) is 77.0 Å². The number of hydrogen-bond acceptors (Lipinski definition) is 8. The van der Waals surface area contributed by atoms with E-state index in [-0.39, 0.29) is 32.6 Å². The minimum Gasteiger partial charge on any atom is -0.462 e. The van der Waals surface area contributed by atoms with Crippen LogP contribution in [0.5, 0.6) is 0 Å². The highest BCUT2D eigenvalue weighted by Gasteiger charge is 2.25. The molecule has 1 unspecified atom stereocenters. The lowest BCUT2D eigenvalue weighted by molar-refractivity contribution is -0.161. The number of phosphoric ester groups is 1. The van der Waals surface area contributed by atoms with Gasteiger partial charge in [-0.3, -0.25) is 18.6 Å². The SMILES string of the molecule is CC/C=C/C/C=C/C/C=C/C/C=C/C/C=C/CCCC(=O)O[C@H](COC(=O)CCC/C=C/C/C=C/CCCCCCCCCCC)COP(=O)(O)OCCN. The first-order chi connectivity index (χ1) is 26.8. The highest BCUT2D eigenvalue weighted by Crippen LogP contribution is 2.43. The van der Waals surface area contributed by atoms with Crippen molar-refractivity contribution in [3.63, 3.8) is 0 Å². The minimum atomic E-state index is -4.40. The lowest BCUT2D eigenvalue weighted by Gasteiger charge is -2.19. The largest absolute Gasteiger partial charge is 0.472 e. The molecule has 9 nitrogen and oxygen atoms in total. The van der Waals surface area contributed by atoms with Crippen molar-refractivity contribution in [1.29, 1.82) is 0 Å². The molecule has 0 fully saturated rings. The summed E-state index contributed by atoms with van der Waals surface area (Å²) < 4.78 is 32.6. The van der Waals surface area contributed by atoms with Crippen LogP contribution in [-0.4, -0.2) is 49.3 Å². The topological polar surface area (TPSA) is 134 Å².